The van der Waals surface area contributed by atoms with Gasteiger partial charge in [-0.25, -0.2) is 9.97 Å². The van der Waals surface area contributed by atoms with E-state index >= 15 is 0 Å². The molecule has 0 N–H and O–H groups in total. The molecule has 2 aromatic rings. The molecular weight excluding hydrogens is 320 g/mol. The molecule has 2 aromatic heterocycles. The fourth-order valence-electron chi connectivity index (χ4n) is 3.54. The third-order valence-electron chi connectivity index (χ3n) is 4.99. The number of rotatable bonds is 2. The highest BCUT2D eigenvalue weighted by atomic mass is 16.5. The van der Waals surface area contributed by atoms with Crippen molar-refractivity contribution in [3.05, 3.63) is 42.1 Å². The van der Waals surface area contributed by atoms with Gasteiger partial charge in [0.15, 0.2) is 5.76 Å². The number of aryl methyl sites for hydroxylation is 1. The fourth-order valence-corrected chi connectivity index (χ4v) is 3.54. The number of amides is 1. The van der Waals surface area contributed by atoms with Crippen molar-refractivity contribution in [2.75, 3.05) is 37.7 Å². The molecule has 0 saturated carbocycles. The summed E-state index contributed by atoms with van der Waals surface area (Å²) >= 11 is 0. The Morgan fingerprint density at radius 2 is 1.96 bits per heavy atom. The molecule has 0 unspecified atom stereocenters. The van der Waals surface area contributed by atoms with Crippen molar-refractivity contribution in [2.24, 2.45) is 0 Å². The van der Waals surface area contributed by atoms with Crippen molar-refractivity contribution in [2.45, 2.75) is 25.4 Å². The molecule has 7 nitrogen and oxygen atoms in total. The lowest BCUT2D eigenvalue weighted by atomic mass is 9.89. The van der Waals surface area contributed by atoms with Crippen LogP contribution in [0.3, 0.4) is 0 Å². The lowest BCUT2D eigenvalue weighted by Gasteiger charge is -2.47. The number of ether oxygens (including phenoxy) is 1. The molecule has 7 heteroatoms. The number of morpholine rings is 1. The van der Waals surface area contributed by atoms with Gasteiger partial charge < -0.3 is 19.0 Å². The van der Waals surface area contributed by atoms with Crippen molar-refractivity contribution in [3.63, 3.8) is 0 Å². The van der Waals surface area contributed by atoms with Gasteiger partial charge >= 0.3 is 0 Å². The molecule has 2 aliphatic heterocycles. The molecule has 0 atom stereocenters. The Bertz CT molecular complexity index is 721. The van der Waals surface area contributed by atoms with E-state index in [9.17, 15) is 4.79 Å². The van der Waals surface area contributed by atoms with E-state index in [-0.39, 0.29) is 11.5 Å². The number of piperidine rings is 1. The molecule has 2 saturated heterocycles. The normalized spacial score (nSPS) is 20.0. The second kappa shape index (κ2) is 6.48. The highest BCUT2D eigenvalue weighted by Gasteiger charge is 2.41. The minimum absolute atomic E-state index is 0.0584. The molecule has 2 fully saturated rings. The monoisotopic (exact) mass is 342 g/mol. The summed E-state index contributed by atoms with van der Waals surface area (Å²) in [6, 6.07) is 3.45. The third-order valence-corrected chi connectivity index (χ3v) is 4.99. The van der Waals surface area contributed by atoms with E-state index in [1.807, 2.05) is 24.2 Å². The zero-order valence-electron chi connectivity index (χ0n) is 14.4. The van der Waals surface area contributed by atoms with Crippen molar-refractivity contribution in [1.82, 2.24) is 14.9 Å². The Hall–Kier alpha value is -2.41. The predicted molar refractivity (Wildman–Crippen MR) is 91.5 cm³/mol. The van der Waals surface area contributed by atoms with Gasteiger partial charge in [-0.1, -0.05) is 0 Å². The fraction of sp³-hybridized carbons (Fsp3) is 0.500. The van der Waals surface area contributed by atoms with Crippen LogP contribution in [0.5, 0.6) is 0 Å². The first kappa shape index (κ1) is 16.1. The Labute approximate surface area is 146 Å². The molecule has 1 amide bonds. The molecule has 0 aliphatic carbocycles. The van der Waals surface area contributed by atoms with Gasteiger partial charge in [-0.2, -0.15) is 0 Å². The van der Waals surface area contributed by atoms with Gasteiger partial charge in [0.2, 0.25) is 5.95 Å². The quantitative estimate of drug-likeness (QED) is 0.830. The van der Waals surface area contributed by atoms with Gasteiger partial charge in [-0.05, 0) is 37.5 Å². The van der Waals surface area contributed by atoms with Crippen LogP contribution < -0.4 is 4.90 Å². The summed E-state index contributed by atoms with van der Waals surface area (Å²) in [7, 11) is 0. The van der Waals surface area contributed by atoms with E-state index in [0.29, 0.717) is 25.5 Å². The summed E-state index contributed by atoms with van der Waals surface area (Å²) in [4.78, 5) is 25.4. The van der Waals surface area contributed by atoms with Crippen LogP contribution in [0.4, 0.5) is 5.95 Å². The molecule has 132 valence electrons. The lowest BCUT2D eigenvalue weighted by Crippen LogP contribution is -2.58. The van der Waals surface area contributed by atoms with E-state index in [1.54, 1.807) is 12.1 Å². The first-order valence-corrected chi connectivity index (χ1v) is 8.66. The van der Waals surface area contributed by atoms with Crippen molar-refractivity contribution >= 4 is 11.9 Å². The van der Waals surface area contributed by atoms with Crippen LogP contribution in [-0.2, 0) is 4.74 Å². The Balaban J connectivity index is 1.41. The van der Waals surface area contributed by atoms with Gasteiger partial charge in [0.25, 0.3) is 5.91 Å². The maximum absolute atomic E-state index is 12.6. The topological polar surface area (TPSA) is 71.7 Å². The summed E-state index contributed by atoms with van der Waals surface area (Å²) in [5.41, 5.74) is 0.779. The minimum Gasteiger partial charge on any atom is -0.459 e. The Kier molecular flexibility index (Phi) is 4.17. The average molecular weight is 342 g/mol. The van der Waals surface area contributed by atoms with E-state index in [1.165, 1.54) is 6.26 Å². The predicted octanol–water partition coefficient (Wildman–Crippen LogP) is 1.89. The molecule has 0 aromatic carbocycles. The zero-order chi connectivity index (χ0) is 17.3. The van der Waals surface area contributed by atoms with E-state index in [4.69, 9.17) is 9.15 Å². The average Bonchev–Trinajstić information content (AvgIpc) is 3.17. The standard InChI is InChI=1S/C18H22N4O3/c1-14-11-19-17(20-12-14)21-6-4-18(5-7-21)13-22(8-10-25-18)16(23)15-3-2-9-24-15/h2-3,9,11-12H,4-8,10,13H2,1H3. The van der Waals surface area contributed by atoms with Gasteiger partial charge in [0.1, 0.15) is 0 Å². The van der Waals surface area contributed by atoms with E-state index < -0.39 is 0 Å². The summed E-state index contributed by atoms with van der Waals surface area (Å²) < 4.78 is 11.4. The van der Waals surface area contributed by atoms with Crippen LogP contribution in [0.25, 0.3) is 0 Å². The molecular formula is C18H22N4O3. The van der Waals surface area contributed by atoms with Crippen LogP contribution in [0.15, 0.2) is 35.2 Å². The van der Waals surface area contributed by atoms with E-state index in [2.05, 4.69) is 14.9 Å². The molecule has 25 heavy (non-hydrogen) atoms. The lowest BCUT2D eigenvalue weighted by molar-refractivity contribution is -0.112. The van der Waals surface area contributed by atoms with Crippen LogP contribution >= 0.6 is 0 Å². The SMILES string of the molecule is Cc1cnc(N2CCC3(CC2)CN(C(=O)c2ccco2)CCO3)nc1. The summed E-state index contributed by atoms with van der Waals surface area (Å²) in [5.74, 6) is 1.10. The smallest absolute Gasteiger partial charge is 0.289 e. The maximum Gasteiger partial charge on any atom is 0.289 e. The number of anilines is 1. The number of hydrogen-bond acceptors (Lipinski definition) is 6. The van der Waals surface area contributed by atoms with Crippen molar-refractivity contribution < 1.29 is 13.9 Å². The molecule has 4 rings (SSSR count). The van der Waals surface area contributed by atoms with Gasteiger partial charge in [0.05, 0.1) is 25.0 Å². The first-order chi connectivity index (χ1) is 12.2. The maximum atomic E-state index is 12.6. The van der Waals surface area contributed by atoms with Gasteiger partial charge in [0, 0.05) is 32.0 Å². The van der Waals surface area contributed by atoms with E-state index in [0.717, 1.165) is 37.4 Å². The molecule has 2 aliphatic rings. The summed E-state index contributed by atoms with van der Waals surface area (Å²) in [6.45, 7) is 5.40. The van der Waals surface area contributed by atoms with Crippen LogP contribution in [0, 0.1) is 6.92 Å². The third kappa shape index (κ3) is 3.24. The minimum atomic E-state index is -0.276. The van der Waals surface area contributed by atoms with Crippen LogP contribution in [0.2, 0.25) is 0 Å². The second-order valence-corrected chi connectivity index (χ2v) is 6.78. The number of aromatic nitrogens is 2. The summed E-state index contributed by atoms with van der Waals surface area (Å²) in [6.07, 6.45) is 6.92. The van der Waals surface area contributed by atoms with Gasteiger partial charge in [-0.3, -0.25) is 4.79 Å². The summed E-state index contributed by atoms with van der Waals surface area (Å²) in [5, 5.41) is 0. The number of carbonyl (C=O) groups excluding carboxylic acids is 1. The zero-order valence-corrected chi connectivity index (χ0v) is 14.4. The Morgan fingerprint density at radius 3 is 2.64 bits per heavy atom. The highest BCUT2D eigenvalue weighted by Crippen LogP contribution is 2.31. The number of hydrogen-bond donors (Lipinski definition) is 0. The largest absolute Gasteiger partial charge is 0.459 e. The van der Waals surface area contributed by atoms with Crippen LogP contribution in [-0.4, -0.2) is 59.2 Å². The number of carbonyl (C=O) groups is 1. The van der Waals surface area contributed by atoms with Crippen LogP contribution in [0.1, 0.15) is 29.0 Å². The van der Waals surface area contributed by atoms with Crippen molar-refractivity contribution in [3.8, 4) is 0 Å². The van der Waals surface area contributed by atoms with Gasteiger partial charge in [-0.15, -0.1) is 0 Å². The molecule has 0 radical (unpaired) electrons. The van der Waals surface area contributed by atoms with Crippen molar-refractivity contribution in [1.29, 1.82) is 0 Å². The number of nitrogens with zero attached hydrogens (tertiary/aromatic N) is 4. The second-order valence-electron chi connectivity index (χ2n) is 6.78. The highest BCUT2D eigenvalue weighted by molar-refractivity contribution is 5.91. The number of furan rings is 1. The molecule has 0 bridgehead atoms. The Morgan fingerprint density at radius 1 is 1.20 bits per heavy atom. The molecule has 1 spiro atoms. The molecule has 4 heterocycles. The first-order valence-electron chi connectivity index (χ1n) is 8.66.